The van der Waals surface area contributed by atoms with E-state index in [1.165, 1.54) is 5.56 Å². The molecule has 2 aliphatic heterocycles. The number of piperidine rings is 1. The van der Waals surface area contributed by atoms with Crippen LogP contribution in [0.1, 0.15) is 35.2 Å². The number of para-hydroxylation sites is 1. The lowest BCUT2D eigenvalue weighted by Gasteiger charge is -2.39. The van der Waals surface area contributed by atoms with E-state index in [0.717, 1.165) is 16.9 Å². The summed E-state index contributed by atoms with van der Waals surface area (Å²) in [6, 6.07) is 15.9. The summed E-state index contributed by atoms with van der Waals surface area (Å²) >= 11 is 0. The van der Waals surface area contributed by atoms with Crippen molar-refractivity contribution in [3.63, 3.8) is 0 Å². The van der Waals surface area contributed by atoms with E-state index in [1.807, 2.05) is 31.2 Å². The molecule has 0 bridgehead atoms. The number of benzene rings is 2. The summed E-state index contributed by atoms with van der Waals surface area (Å²) in [6.07, 6.45) is 0.379. The molecule has 5 unspecified atom stereocenters. The molecule has 2 aliphatic rings. The summed E-state index contributed by atoms with van der Waals surface area (Å²) in [6.45, 7) is 2.05. The Morgan fingerprint density at radius 3 is 2.56 bits per heavy atom. The quantitative estimate of drug-likeness (QED) is 0.665. The van der Waals surface area contributed by atoms with Crippen LogP contribution in [0, 0.1) is 18.8 Å². The molecule has 4 rings (SSSR count). The van der Waals surface area contributed by atoms with E-state index in [9.17, 15) is 9.90 Å². The van der Waals surface area contributed by atoms with Crippen molar-refractivity contribution in [1.29, 1.82) is 0 Å². The fourth-order valence-electron chi connectivity index (χ4n) is 4.39. The number of carboxylic acids is 1. The third kappa shape index (κ3) is 3.32. The lowest BCUT2D eigenvalue weighted by atomic mass is 9.74. The highest BCUT2D eigenvalue weighted by Gasteiger charge is 2.49. The Balaban J connectivity index is 1.64. The molecule has 5 atom stereocenters. The highest BCUT2D eigenvalue weighted by atomic mass is 16.5. The summed E-state index contributed by atoms with van der Waals surface area (Å²) in [4.78, 5) is 12.1. The topological polar surface area (TPSA) is 82.6 Å². The van der Waals surface area contributed by atoms with Crippen molar-refractivity contribution in [2.45, 2.75) is 31.6 Å². The molecule has 4 N–H and O–H groups in total. The third-order valence-corrected chi connectivity index (χ3v) is 5.77. The fourth-order valence-corrected chi connectivity index (χ4v) is 4.39. The van der Waals surface area contributed by atoms with Crippen molar-refractivity contribution >= 4 is 5.97 Å². The third-order valence-electron chi connectivity index (χ3n) is 5.77. The van der Waals surface area contributed by atoms with Gasteiger partial charge in [-0.3, -0.25) is 10.1 Å². The van der Waals surface area contributed by atoms with Gasteiger partial charge in [0.2, 0.25) is 0 Å². The second-order valence-corrected chi connectivity index (χ2v) is 7.37. The molecule has 2 aromatic rings. The second kappa shape index (κ2) is 7.31. The Hall–Kier alpha value is -2.41. The maximum atomic E-state index is 12.1. The molecule has 0 spiro atoms. The first-order chi connectivity index (χ1) is 13.1. The number of rotatable bonds is 4. The van der Waals surface area contributed by atoms with Crippen LogP contribution in [0.25, 0.3) is 0 Å². The zero-order chi connectivity index (χ0) is 19.0. The van der Waals surface area contributed by atoms with Gasteiger partial charge >= 0.3 is 5.97 Å². The monoisotopic (exact) mass is 367 g/mol. The normalized spacial score (nSPS) is 29.9. The van der Waals surface area contributed by atoms with Crippen LogP contribution in [0.5, 0.6) is 5.75 Å². The molecular weight excluding hydrogens is 342 g/mol. The molecule has 2 saturated heterocycles. The fraction of sp³-hybridized carbons (Fsp3) is 0.381. The lowest BCUT2D eigenvalue weighted by molar-refractivity contribution is -0.146. The number of aliphatic carboxylic acids is 1. The zero-order valence-corrected chi connectivity index (χ0v) is 15.5. The second-order valence-electron chi connectivity index (χ2n) is 7.37. The van der Waals surface area contributed by atoms with Crippen molar-refractivity contribution in [3.8, 4) is 5.75 Å². The first-order valence-electron chi connectivity index (χ1n) is 9.28. The van der Waals surface area contributed by atoms with Crippen molar-refractivity contribution in [3.05, 3.63) is 65.2 Å². The van der Waals surface area contributed by atoms with Gasteiger partial charge in [0.25, 0.3) is 0 Å². The van der Waals surface area contributed by atoms with Crippen LogP contribution in [0.3, 0.4) is 0 Å². The molecule has 0 aromatic heterocycles. The van der Waals surface area contributed by atoms with Crippen LogP contribution in [0.15, 0.2) is 48.5 Å². The van der Waals surface area contributed by atoms with Gasteiger partial charge in [0.1, 0.15) is 5.75 Å². The van der Waals surface area contributed by atoms with E-state index in [-0.39, 0.29) is 24.2 Å². The van der Waals surface area contributed by atoms with Gasteiger partial charge in [-0.2, -0.15) is 0 Å². The number of nitrogens with one attached hydrogen (secondary N) is 3. The maximum absolute atomic E-state index is 12.1. The molecule has 0 amide bonds. The number of fused-ring (bicyclic) bond motifs is 1. The summed E-state index contributed by atoms with van der Waals surface area (Å²) in [7, 11) is 1.64. The standard InChI is InChI=1S/C21H25N3O3/c1-12-7-9-13(10-8-12)19-18-15(21(25)26)11-16(22-20(18)24-23-19)14-5-3-4-6-17(14)27-2/h3-10,15-16,18-20,22-24H,11H2,1-2H3,(H,25,26). The highest BCUT2D eigenvalue weighted by Crippen LogP contribution is 2.43. The van der Waals surface area contributed by atoms with Crippen LogP contribution in [-0.2, 0) is 4.79 Å². The SMILES string of the molecule is COc1ccccc1C1CC(C(=O)O)C2C(NNC2c2ccc(C)cc2)N1. The minimum Gasteiger partial charge on any atom is -0.496 e. The molecule has 2 aromatic carbocycles. The summed E-state index contributed by atoms with van der Waals surface area (Å²) in [5.74, 6) is -0.538. The number of carbonyl (C=O) groups is 1. The van der Waals surface area contributed by atoms with Gasteiger partial charge in [-0.1, -0.05) is 48.0 Å². The number of carboxylic acid groups (broad SMARTS) is 1. The first kappa shape index (κ1) is 18.0. The molecule has 142 valence electrons. The van der Waals surface area contributed by atoms with E-state index >= 15 is 0 Å². The molecule has 0 radical (unpaired) electrons. The van der Waals surface area contributed by atoms with Crippen LogP contribution in [0.4, 0.5) is 0 Å². The average Bonchev–Trinajstić information content (AvgIpc) is 3.11. The summed E-state index contributed by atoms with van der Waals surface area (Å²) < 4.78 is 5.48. The number of hydrazine groups is 1. The van der Waals surface area contributed by atoms with Crippen LogP contribution in [0.2, 0.25) is 0 Å². The van der Waals surface area contributed by atoms with Gasteiger partial charge in [-0.25, -0.2) is 10.9 Å². The van der Waals surface area contributed by atoms with Gasteiger partial charge in [0.15, 0.2) is 0 Å². The number of aryl methyl sites for hydroxylation is 1. The maximum Gasteiger partial charge on any atom is 0.307 e. The minimum atomic E-state index is -0.756. The molecule has 2 fully saturated rings. The molecule has 0 aliphatic carbocycles. The van der Waals surface area contributed by atoms with Gasteiger partial charge in [-0.05, 0) is 25.0 Å². The Kier molecular flexibility index (Phi) is 4.86. The number of ether oxygens (including phenoxy) is 1. The van der Waals surface area contributed by atoms with Crippen molar-refractivity contribution in [2.75, 3.05) is 7.11 Å². The van der Waals surface area contributed by atoms with Gasteiger partial charge < -0.3 is 9.84 Å². The Bertz CT molecular complexity index is 824. The van der Waals surface area contributed by atoms with Crippen LogP contribution in [-0.4, -0.2) is 24.4 Å². The van der Waals surface area contributed by atoms with Crippen molar-refractivity contribution < 1.29 is 14.6 Å². The largest absolute Gasteiger partial charge is 0.496 e. The summed E-state index contributed by atoms with van der Waals surface area (Å²) in [5.41, 5.74) is 9.87. The van der Waals surface area contributed by atoms with Gasteiger partial charge in [0.05, 0.1) is 25.2 Å². The van der Waals surface area contributed by atoms with Gasteiger partial charge in [0, 0.05) is 17.5 Å². The van der Waals surface area contributed by atoms with E-state index in [4.69, 9.17) is 4.74 Å². The lowest BCUT2D eigenvalue weighted by Crippen LogP contribution is -2.53. The van der Waals surface area contributed by atoms with E-state index in [2.05, 4.69) is 40.4 Å². The molecule has 0 saturated carbocycles. The average molecular weight is 367 g/mol. The molecule has 2 heterocycles. The minimum absolute atomic E-state index is 0.0529. The van der Waals surface area contributed by atoms with Crippen LogP contribution < -0.4 is 20.9 Å². The smallest absolute Gasteiger partial charge is 0.307 e. The van der Waals surface area contributed by atoms with E-state index in [1.54, 1.807) is 7.11 Å². The Labute approximate surface area is 158 Å². The Morgan fingerprint density at radius 2 is 1.85 bits per heavy atom. The first-order valence-corrected chi connectivity index (χ1v) is 9.28. The van der Waals surface area contributed by atoms with Crippen molar-refractivity contribution in [2.24, 2.45) is 11.8 Å². The number of hydrogen-bond acceptors (Lipinski definition) is 5. The van der Waals surface area contributed by atoms with Crippen molar-refractivity contribution in [1.82, 2.24) is 16.2 Å². The highest BCUT2D eigenvalue weighted by molar-refractivity contribution is 5.71. The predicted octanol–water partition coefficient (Wildman–Crippen LogP) is 2.53. The Morgan fingerprint density at radius 1 is 1.11 bits per heavy atom. The summed E-state index contributed by atoms with van der Waals surface area (Å²) in [5, 5.41) is 13.6. The zero-order valence-electron chi connectivity index (χ0n) is 15.5. The predicted molar refractivity (Wildman–Crippen MR) is 102 cm³/mol. The van der Waals surface area contributed by atoms with E-state index < -0.39 is 11.9 Å². The van der Waals surface area contributed by atoms with Gasteiger partial charge in [-0.15, -0.1) is 0 Å². The van der Waals surface area contributed by atoms with E-state index in [0.29, 0.717) is 6.42 Å². The van der Waals surface area contributed by atoms with Crippen LogP contribution >= 0.6 is 0 Å². The molecule has 27 heavy (non-hydrogen) atoms. The number of methoxy groups -OCH3 is 1. The molecular formula is C21H25N3O3. The molecule has 6 nitrogen and oxygen atoms in total. The number of hydrogen-bond donors (Lipinski definition) is 4. The molecule has 6 heteroatoms.